The van der Waals surface area contributed by atoms with E-state index in [9.17, 15) is 32.4 Å². The lowest BCUT2D eigenvalue weighted by Crippen LogP contribution is -2.56. The highest BCUT2D eigenvalue weighted by Crippen LogP contribution is 2.32. The molecule has 3 aliphatic rings. The minimum absolute atomic E-state index is 0.0821. The van der Waals surface area contributed by atoms with Gasteiger partial charge in [0.2, 0.25) is 5.91 Å². The third-order valence-corrected chi connectivity index (χ3v) is 7.94. The van der Waals surface area contributed by atoms with E-state index in [1.165, 1.54) is 23.6 Å². The number of likely N-dealkylation sites (tertiary alicyclic amines) is 1. The van der Waals surface area contributed by atoms with E-state index < -0.39 is 64.5 Å². The molecule has 3 rings (SSSR count). The molecule has 3 fully saturated rings. The van der Waals surface area contributed by atoms with Crippen molar-refractivity contribution in [3.8, 4) is 0 Å². The van der Waals surface area contributed by atoms with Crippen LogP contribution in [0.3, 0.4) is 0 Å². The number of amides is 4. The first-order chi connectivity index (χ1) is 19.2. The number of rotatable bonds is 10. The standard InChI is InChI=1S/C24H38N4O12S/c1-6-17-12-16(10-11-26(17)23(33)39-38-15(3)29)25-20(30)19-9-8-18-13-27(19)22(32)28(18)40-41(34,35)37-14-24(4,5)21(31)36-7-2/h16-19H,6-14H2,1-5H3,(H,25,30)/t16?,17?,18-,19+/m1/s1. The number of fused-ring (bicyclic) bond motifs is 2. The van der Waals surface area contributed by atoms with Crippen molar-refractivity contribution in [1.82, 2.24) is 20.2 Å². The van der Waals surface area contributed by atoms with Gasteiger partial charge in [0.05, 0.1) is 24.7 Å². The average Bonchev–Trinajstić information content (AvgIpc) is 3.14. The Morgan fingerprint density at radius 3 is 2.41 bits per heavy atom. The monoisotopic (exact) mass is 606 g/mol. The Morgan fingerprint density at radius 1 is 1.07 bits per heavy atom. The van der Waals surface area contributed by atoms with Gasteiger partial charge in [-0.25, -0.2) is 28.3 Å². The van der Waals surface area contributed by atoms with Gasteiger partial charge in [-0.1, -0.05) is 6.92 Å². The molecule has 0 saturated carbocycles. The maximum absolute atomic E-state index is 13.2. The number of urea groups is 1. The highest BCUT2D eigenvalue weighted by atomic mass is 32.3. The molecule has 3 heterocycles. The lowest BCUT2D eigenvalue weighted by Gasteiger charge is -2.39. The quantitative estimate of drug-likeness (QED) is 0.212. The molecular formula is C24H38N4O12S. The number of piperidine rings is 2. The zero-order chi connectivity index (χ0) is 30.5. The number of carbonyl (C=O) groups excluding carboxylic acids is 5. The van der Waals surface area contributed by atoms with Crippen LogP contribution in [0.2, 0.25) is 0 Å². The van der Waals surface area contributed by atoms with E-state index in [4.69, 9.17) is 13.2 Å². The Balaban J connectivity index is 1.55. The summed E-state index contributed by atoms with van der Waals surface area (Å²) in [5, 5.41) is 3.64. The van der Waals surface area contributed by atoms with Crippen LogP contribution in [0.1, 0.15) is 66.7 Å². The molecule has 3 aliphatic heterocycles. The predicted octanol–water partition coefficient (Wildman–Crippen LogP) is 1.01. The van der Waals surface area contributed by atoms with Gasteiger partial charge in [0.15, 0.2) is 0 Å². The fourth-order valence-corrected chi connectivity index (χ4v) is 5.84. The van der Waals surface area contributed by atoms with Crippen LogP contribution >= 0.6 is 0 Å². The second-order valence-electron chi connectivity index (χ2n) is 10.8. The molecule has 2 bridgehead atoms. The molecule has 0 aromatic rings. The van der Waals surface area contributed by atoms with Crippen molar-refractivity contribution in [2.24, 2.45) is 5.41 Å². The maximum Gasteiger partial charge on any atom is 0.453 e. The summed E-state index contributed by atoms with van der Waals surface area (Å²) in [5.41, 5.74) is -1.28. The summed E-state index contributed by atoms with van der Waals surface area (Å²) in [6.07, 6.45) is 1.20. The Morgan fingerprint density at radius 2 is 1.78 bits per heavy atom. The summed E-state index contributed by atoms with van der Waals surface area (Å²) < 4.78 is 39.7. The van der Waals surface area contributed by atoms with Gasteiger partial charge in [-0.05, 0) is 52.9 Å². The van der Waals surface area contributed by atoms with Gasteiger partial charge in [0, 0.05) is 32.1 Å². The van der Waals surface area contributed by atoms with Crippen molar-refractivity contribution < 1.29 is 55.4 Å². The summed E-state index contributed by atoms with van der Waals surface area (Å²) in [6.45, 7) is 7.39. The second-order valence-corrected chi connectivity index (χ2v) is 12.0. The van der Waals surface area contributed by atoms with Crippen LogP contribution in [0.15, 0.2) is 0 Å². The highest BCUT2D eigenvalue weighted by Gasteiger charge is 2.50. The first-order valence-corrected chi connectivity index (χ1v) is 14.8. The molecular weight excluding hydrogens is 568 g/mol. The molecule has 1 N–H and O–H groups in total. The average molecular weight is 607 g/mol. The van der Waals surface area contributed by atoms with Crippen molar-refractivity contribution >= 4 is 40.4 Å². The summed E-state index contributed by atoms with van der Waals surface area (Å²) in [6, 6.07) is -2.81. The number of hydrogen-bond acceptors (Lipinski definition) is 12. The zero-order valence-electron chi connectivity index (χ0n) is 23.8. The molecule has 0 aliphatic carbocycles. The smallest absolute Gasteiger partial charge is 0.453 e. The number of nitrogens with zero attached hydrogens (tertiary/aromatic N) is 3. The van der Waals surface area contributed by atoms with E-state index in [0.717, 1.165) is 6.92 Å². The third kappa shape index (κ3) is 7.97. The molecule has 0 radical (unpaired) electrons. The van der Waals surface area contributed by atoms with E-state index in [0.29, 0.717) is 30.7 Å². The van der Waals surface area contributed by atoms with Crippen LogP contribution in [0.4, 0.5) is 9.59 Å². The van der Waals surface area contributed by atoms with Gasteiger partial charge in [0.1, 0.15) is 6.04 Å². The molecule has 0 spiro atoms. The first-order valence-electron chi connectivity index (χ1n) is 13.5. The van der Waals surface area contributed by atoms with Crippen LogP contribution in [0.25, 0.3) is 0 Å². The lowest BCUT2D eigenvalue weighted by molar-refractivity contribution is -0.236. The van der Waals surface area contributed by atoms with E-state index >= 15 is 0 Å². The summed E-state index contributed by atoms with van der Waals surface area (Å²) in [7, 11) is -4.71. The van der Waals surface area contributed by atoms with E-state index in [1.807, 2.05) is 6.92 Å². The minimum Gasteiger partial charge on any atom is -0.466 e. The van der Waals surface area contributed by atoms with Gasteiger partial charge < -0.3 is 19.9 Å². The van der Waals surface area contributed by atoms with Crippen LogP contribution in [0, 0.1) is 5.41 Å². The van der Waals surface area contributed by atoms with Gasteiger partial charge in [-0.2, -0.15) is 13.5 Å². The molecule has 232 valence electrons. The van der Waals surface area contributed by atoms with E-state index in [1.54, 1.807) is 6.92 Å². The van der Waals surface area contributed by atoms with E-state index in [-0.39, 0.29) is 38.2 Å². The molecule has 16 nitrogen and oxygen atoms in total. The van der Waals surface area contributed by atoms with Crippen LogP contribution in [-0.2, 0) is 47.8 Å². The number of carbonyl (C=O) groups is 5. The fraction of sp³-hybridized carbons (Fsp3) is 0.792. The Bertz CT molecular complexity index is 1130. The summed E-state index contributed by atoms with van der Waals surface area (Å²) in [4.78, 5) is 73.0. The van der Waals surface area contributed by atoms with E-state index in [2.05, 4.69) is 15.1 Å². The highest BCUT2D eigenvalue weighted by molar-refractivity contribution is 7.81. The lowest BCUT2D eigenvalue weighted by atomic mass is 9.94. The first kappa shape index (κ1) is 32.3. The van der Waals surface area contributed by atoms with Crippen molar-refractivity contribution in [3.63, 3.8) is 0 Å². The molecule has 4 atom stereocenters. The maximum atomic E-state index is 13.2. The molecule has 3 saturated heterocycles. The van der Waals surface area contributed by atoms with Gasteiger partial charge in [0.25, 0.3) is 0 Å². The van der Waals surface area contributed by atoms with Crippen LogP contribution in [0.5, 0.6) is 0 Å². The molecule has 4 amide bonds. The number of nitrogens with one attached hydrogen (secondary N) is 1. The third-order valence-electron chi connectivity index (χ3n) is 7.19. The number of hydroxylamine groups is 2. The summed E-state index contributed by atoms with van der Waals surface area (Å²) in [5.74, 6) is -1.81. The molecule has 17 heteroatoms. The van der Waals surface area contributed by atoms with Crippen molar-refractivity contribution in [1.29, 1.82) is 0 Å². The molecule has 41 heavy (non-hydrogen) atoms. The molecule has 0 aromatic heterocycles. The minimum atomic E-state index is -4.71. The van der Waals surface area contributed by atoms with Gasteiger partial charge in [-0.15, -0.1) is 4.28 Å². The van der Waals surface area contributed by atoms with Crippen molar-refractivity contribution in [2.45, 2.75) is 90.9 Å². The van der Waals surface area contributed by atoms with Crippen molar-refractivity contribution in [3.05, 3.63) is 0 Å². The van der Waals surface area contributed by atoms with Gasteiger partial charge >= 0.3 is 34.5 Å². The van der Waals surface area contributed by atoms with Crippen LogP contribution < -0.4 is 5.32 Å². The van der Waals surface area contributed by atoms with Crippen LogP contribution in [-0.4, -0.2) is 104 Å². The zero-order valence-corrected chi connectivity index (χ0v) is 24.6. The topological polar surface area (TPSA) is 187 Å². The Labute approximate surface area is 238 Å². The molecule has 2 unspecified atom stereocenters. The van der Waals surface area contributed by atoms with Crippen molar-refractivity contribution in [2.75, 3.05) is 26.3 Å². The summed E-state index contributed by atoms with van der Waals surface area (Å²) >= 11 is 0. The number of esters is 1. The number of hydrogen-bond donors (Lipinski definition) is 1. The predicted molar refractivity (Wildman–Crippen MR) is 137 cm³/mol. The Kier molecular flexibility index (Phi) is 10.4. The Hall–Kier alpha value is -3.18. The second kappa shape index (κ2) is 13.2. The largest absolute Gasteiger partial charge is 0.466 e. The molecule has 0 aromatic carbocycles. The normalized spacial score (nSPS) is 24.6. The number of ether oxygens (including phenoxy) is 1. The van der Waals surface area contributed by atoms with Gasteiger partial charge in [-0.3, -0.25) is 9.59 Å². The fourth-order valence-electron chi connectivity index (χ4n) is 4.98. The SMILES string of the molecule is CCOC(=O)C(C)(C)COS(=O)(=O)ON1C(=O)N2C[C@H]1CC[C@H]2C(=O)NC1CCN(C(=O)OOC(C)=O)C(CC)C1.